The Morgan fingerprint density at radius 1 is 1.31 bits per heavy atom. The summed E-state index contributed by atoms with van der Waals surface area (Å²) in [5.41, 5.74) is 8.12. The number of H-pyrrole nitrogens is 1. The second kappa shape index (κ2) is 4.94. The highest BCUT2D eigenvalue weighted by Crippen LogP contribution is 2.15. The number of aromatic nitrogens is 2. The van der Waals surface area contributed by atoms with Crippen molar-refractivity contribution in [2.45, 2.75) is 25.8 Å². The number of rotatable bonds is 4. The minimum absolute atomic E-state index is 0.212. The van der Waals surface area contributed by atoms with Crippen molar-refractivity contribution in [1.82, 2.24) is 9.97 Å². The van der Waals surface area contributed by atoms with E-state index in [9.17, 15) is 0 Å². The third kappa shape index (κ3) is 2.49. The molecule has 0 saturated heterocycles. The number of nitrogens with one attached hydrogen (secondary N) is 1. The number of benzene rings is 1. The van der Waals surface area contributed by atoms with Crippen molar-refractivity contribution in [3.05, 3.63) is 42.2 Å². The molecule has 0 aliphatic heterocycles. The van der Waals surface area contributed by atoms with E-state index in [0.29, 0.717) is 0 Å². The van der Waals surface area contributed by atoms with E-state index in [1.54, 1.807) is 0 Å². The van der Waals surface area contributed by atoms with Gasteiger partial charge in [-0.15, -0.1) is 0 Å². The van der Waals surface area contributed by atoms with Crippen LogP contribution >= 0.6 is 0 Å². The number of imidazole rings is 1. The smallest absolute Gasteiger partial charge is 0.137 e. The predicted molar refractivity (Wildman–Crippen MR) is 66.0 cm³/mol. The van der Waals surface area contributed by atoms with Crippen LogP contribution in [-0.4, -0.2) is 16.0 Å². The van der Waals surface area contributed by atoms with Gasteiger partial charge in [0.1, 0.15) is 5.82 Å². The van der Waals surface area contributed by atoms with E-state index in [1.807, 2.05) is 36.5 Å². The molecule has 1 aromatic heterocycles. The molecule has 3 heteroatoms. The molecule has 0 spiro atoms. The quantitative estimate of drug-likeness (QED) is 0.822. The molecule has 1 atom stereocenters. The van der Waals surface area contributed by atoms with Crippen LogP contribution in [0.2, 0.25) is 0 Å². The van der Waals surface area contributed by atoms with Crippen LogP contribution in [0.25, 0.3) is 11.4 Å². The van der Waals surface area contributed by atoms with E-state index in [4.69, 9.17) is 5.73 Å². The first-order chi connectivity index (χ1) is 7.79. The highest BCUT2D eigenvalue weighted by molar-refractivity contribution is 5.54. The summed E-state index contributed by atoms with van der Waals surface area (Å²) in [4.78, 5) is 7.67. The standard InChI is InChI=1S/C13H17N3/c1-2-11(14)8-12-9-15-13(16-12)10-6-4-3-5-7-10/h3-7,9,11H,2,8,14H2,1H3,(H,15,16). The van der Waals surface area contributed by atoms with Crippen molar-refractivity contribution in [3.63, 3.8) is 0 Å². The molecule has 0 fully saturated rings. The predicted octanol–water partition coefficient (Wildman–Crippen LogP) is 2.36. The second-order valence-corrected chi connectivity index (χ2v) is 4.00. The molecule has 0 aliphatic rings. The van der Waals surface area contributed by atoms with Gasteiger partial charge in [0, 0.05) is 29.9 Å². The lowest BCUT2D eigenvalue weighted by molar-refractivity contribution is 0.639. The van der Waals surface area contributed by atoms with Crippen molar-refractivity contribution in [2.75, 3.05) is 0 Å². The van der Waals surface area contributed by atoms with Crippen molar-refractivity contribution in [1.29, 1.82) is 0 Å². The van der Waals surface area contributed by atoms with Gasteiger partial charge in [0.05, 0.1) is 0 Å². The first kappa shape index (κ1) is 10.9. The first-order valence-corrected chi connectivity index (χ1v) is 5.64. The highest BCUT2D eigenvalue weighted by Gasteiger charge is 2.06. The number of hydrogen-bond donors (Lipinski definition) is 2. The molecular weight excluding hydrogens is 198 g/mol. The van der Waals surface area contributed by atoms with Gasteiger partial charge in [0.2, 0.25) is 0 Å². The molecule has 1 aromatic carbocycles. The van der Waals surface area contributed by atoms with Gasteiger partial charge < -0.3 is 10.7 Å². The van der Waals surface area contributed by atoms with Crippen molar-refractivity contribution >= 4 is 0 Å². The van der Waals surface area contributed by atoms with Gasteiger partial charge in [-0.2, -0.15) is 0 Å². The fraction of sp³-hybridized carbons (Fsp3) is 0.308. The Hall–Kier alpha value is -1.61. The first-order valence-electron chi connectivity index (χ1n) is 5.64. The van der Waals surface area contributed by atoms with Crippen LogP contribution in [0.3, 0.4) is 0 Å². The zero-order valence-electron chi connectivity index (χ0n) is 9.48. The van der Waals surface area contributed by atoms with Gasteiger partial charge in [-0.25, -0.2) is 4.98 Å². The van der Waals surface area contributed by atoms with Crippen LogP contribution in [-0.2, 0) is 6.42 Å². The largest absolute Gasteiger partial charge is 0.342 e. The topological polar surface area (TPSA) is 54.7 Å². The molecule has 84 valence electrons. The maximum atomic E-state index is 5.91. The van der Waals surface area contributed by atoms with E-state index >= 15 is 0 Å². The monoisotopic (exact) mass is 215 g/mol. The summed E-state index contributed by atoms with van der Waals surface area (Å²) >= 11 is 0. The van der Waals surface area contributed by atoms with E-state index in [2.05, 4.69) is 16.9 Å². The number of nitrogens with two attached hydrogens (primary N) is 1. The number of hydrogen-bond acceptors (Lipinski definition) is 2. The van der Waals surface area contributed by atoms with Gasteiger partial charge in [0.25, 0.3) is 0 Å². The molecule has 0 aliphatic carbocycles. The molecule has 1 heterocycles. The highest BCUT2D eigenvalue weighted by atomic mass is 14.9. The average molecular weight is 215 g/mol. The van der Waals surface area contributed by atoms with Crippen molar-refractivity contribution in [3.8, 4) is 11.4 Å². The Balaban J connectivity index is 2.14. The molecule has 0 bridgehead atoms. The van der Waals surface area contributed by atoms with Gasteiger partial charge >= 0.3 is 0 Å². The van der Waals surface area contributed by atoms with Gasteiger partial charge in [-0.3, -0.25) is 0 Å². The van der Waals surface area contributed by atoms with E-state index in [0.717, 1.165) is 29.9 Å². The zero-order chi connectivity index (χ0) is 11.4. The van der Waals surface area contributed by atoms with E-state index in [-0.39, 0.29) is 6.04 Å². The summed E-state index contributed by atoms with van der Waals surface area (Å²) in [5, 5.41) is 0. The zero-order valence-corrected chi connectivity index (χ0v) is 9.48. The molecule has 0 saturated carbocycles. The van der Waals surface area contributed by atoms with E-state index in [1.165, 1.54) is 0 Å². The van der Waals surface area contributed by atoms with Crippen LogP contribution in [0.4, 0.5) is 0 Å². The fourth-order valence-corrected chi connectivity index (χ4v) is 1.63. The number of nitrogens with zero attached hydrogens (tertiary/aromatic N) is 1. The Bertz CT molecular complexity index is 433. The normalized spacial score (nSPS) is 12.6. The maximum Gasteiger partial charge on any atom is 0.137 e. The van der Waals surface area contributed by atoms with Crippen molar-refractivity contribution in [2.24, 2.45) is 5.73 Å². The fourth-order valence-electron chi connectivity index (χ4n) is 1.63. The Morgan fingerprint density at radius 2 is 2.06 bits per heavy atom. The summed E-state index contributed by atoms with van der Waals surface area (Å²) in [6, 6.07) is 10.3. The summed E-state index contributed by atoms with van der Waals surface area (Å²) < 4.78 is 0. The molecule has 3 nitrogen and oxygen atoms in total. The Kier molecular flexibility index (Phi) is 3.37. The average Bonchev–Trinajstić information content (AvgIpc) is 2.78. The summed E-state index contributed by atoms with van der Waals surface area (Å²) in [5.74, 6) is 0.916. The summed E-state index contributed by atoms with van der Waals surface area (Å²) in [7, 11) is 0. The lowest BCUT2D eigenvalue weighted by Gasteiger charge is -2.05. The summed E-state index contributed by atoms with van der Waals surface area (Å²) in [6.07, 6.45) is 3.72. The maximum absolute atomic E-state index is 5.91. The molecule has 2 aromatic rings. The Labute approximate surface area is 95.7 Å². The third-order valence-electron chi connectivity index (χ3n) is 2.68. The van der Waals surface area contributed by atoms with Crippen LogP contribution in [0, 0.1) is 0 Å². The SMILES string of the molecule is CCC(N)Cc1cnc(-c2ccccc2)[nH]1. The summed E-state index contributed by atoms with van der Waals surface area (Å²) in [6.45, 7) is 2.10. The molecule has 16 heavy (non-hydrogen) atoms. The van der Waals surface area contributed by atoms with Gasteiger partial charge in [-0.1, -0.05) is 37.3 Å². The Morgan fingerprint density at radius 3 is 2.75 bits per heavy atom. The molecule has 2 rings (SSSR count). The number of aromatic amines is 1. The molecule has 1 unspecified atom stereocenters. The van der Waals surface area contributed by atoms with Crippen molar-refractivity contribution < 1.29 is 0 Å². The molecule has 0 radical (unpaired) electrons. The van der Waals surface area contributed by atoms with Gasteiger partial charge in [-0.05, 0) is 6.42 Å². The minimum atomic E-state index is 0.212. The van der Waals surface area contributed by atoms with Crippen LogP contribution in [0.15, 0.2) is 36.5 Å². The van der Waals surface area contributed by atoms with Crippen LogP contribution < -0.4 is 5.73 Å². The minimum Gasteiger partial charge on any atom is -0.342 e. The van der Waals surface area contributed by atoms with Gasteiger partial charge in [0.15, 0.2) is 0 Å². The molecular formula is C13H17N3. The lowest BCUT2D eigenvalue weighted by atomic mass is 10.1. The molecule has 0 amide bonds. The third-order valence-corrected chi connectivity index (χ3v) is 2.68. The van der Waals surface area contributed by atoms with E-state index < -0.39 is 0 Å². The molecule has 3 N–H and O–H groups in total. The second-order valence-electron chi connectivity index (χ2n) is 4.00. The lowest BCUT2D eigenvalue weighted by Crippen LogP contribution is -2.21. The van der Waals surface area contributed by atoms with Crippen LogP contribution in [0.5, 0.6) is 0 Å². The van der Waals surface area contributed by atoms with Crippen LogP contribution in [0.1, 0.15) is 19.0 Å².